The highest BCUT2D eigenvalue weighted by Gasteiger charge is 2.18. The van der Waals surface area contributed by atoms with Crippen molar-refractivity contribution in [1.29, 1.82) is 0 Å². The molecule has 0 unspecified atom stereocenters. The van der Waals surface area contributed by atoms with Crippen LogP contribution in [0.25, 0.3) is 0 Å². The Morgan fingerprint density at radius 1 is 1.60 bits per heavy atom. The van der Waals surface area contributed by atoms with E-state index in [0.29, 0.717) is 6.32 Å². The highest BCUT2D eigenvalue weighted by atomic mass is 16.6. The first kappa shape index (κ1) is 9.53. The maximum absolute atomic E-state index is 10.8. The van der Waals surface area contributed by atoms with Crippen LogP contribution in [-0.2, 0) is 9.53 Å². The van der Waals surface area contributed by atoms with Crippen LogP contribution in [0.15, 0.2) is 0 Å². The second-order valence-corrected chi connectivity index (χ2v) is 2.94. The van der Waals surface area contributed by atoms with Gasteiger partial charge in [0.2, 0.25) is 0 Å². The molecule has 0 fully saturated rings. The molecule has 0 amide bonds. The molecule has 0 aromatic carbocycles. The van der Waals surface area contributed by atoms with E-state index in [1.165, 1.54) is 0 Å². The van der Waals surface area contributed by atoms with E-state index in [2.05, 4.69) is 0 Å². The van der Waals surface area contributed by atoms with Crippen LogP contribution in [0.2, 0.25) is 6.32 Å². The fourth-order valence-corrected chi connectivity index (χ4v) is 0.453. The molecule has 0 saturated carbocycles. The minimum Gasteiger partial charge on any atom is -0.460 e. The van der Waals surface area contributed by atoms with Gasteiger partial charge < -0.3 is 4.74 Å². The highest BCUT2D eigenvalue weighted by molar-refractivity contribution is 6.18. The summed E-state index contributed by atoms with van der Waals surface area (Å²) in [5.74, 6) is -0.119. The van der Waals surface area contributed by atoms with Crippen molar-refractivity contribution in [2.75, 3.05) is 0 Å². The topological polar surface area (TPSA) is 26.3 Å². The number of carbonyl (C=O) groups is 1. The number of carbonyl (C=O) groups excluding carboxylic acids is 1. The first-order valence-electron chi connectivity index (χ1n) is 3.73. The van der Waals surface area contributed by atoms with E-state index in [9.17, 15) is 4.79 Å². The Labute approximate surface area is 63.4 Å². The second-order valence-electron chi connectivity index (χ2n) is 2.94. The van der Waals surface area contributed by atoms with Crippen molar-refractivity contribution in [1.82, 2.24) is 0 Å². The molecule has 0 rings (SSSR count). The van der Waals surface area contributed by atoms with Gasteiger partial charge in [0, 0.05) is 6.32 Å². The smallest absolute Gasteiger partial charge is 0.298 e. The Morgan fingerprint density at radius 3 is 2.40 bits per heavy atom. The third-order valence-electron chi connectivity index (χ3n) is 1.53. The molecular formula is C7H15BO2. The third-order valence-corrected chi connectivity index (χ3v) is 1.53. The molecule has 0 aliphatic carbocycles. The maximum Gasteiger partial charge on any atom is 0.298 e. The average Bonchev–Trinajstić information content (AvgIpc) is 1.87. The number of ether oxygens (including phenoxy) is 1. The van der Waals surface area contributed by atoms with Crippen LogP contribution in [0.3, 0.4) is 0 Å². The van der Waals surface area contributed by atoms with E-state index < -0.39 is 0 Å². The molecule has 2 nitrogen and oxygen atoms in total. The van der Waals surface area contributed by atoms with Crippen molar-refractivity contribution in [3.05, 3.63) is 0 Å². The summed E-state index contributed by atoms with van der Waals surface area (Å²) < 4.78 is 5.10. The molecule has 0 bridgehead atoms. The fraction of sp³-hybridized carbons (Fsp3) is 0.857. The van der Waals surface area contributed by atoms with Crippen LogP contribution in [0.5, 0.6) is 0 Å². The predicted molar refractivity (Wildman–Crippen MR) is 43.8 cm³/mol. The van der Waals surface area contributed by atoms with Crippen molar-refractivity contribution in [3.63, 3.8) is 0 Å². The average molecular weight is 142 g/mol. The highest BCUT2D eigenvalue weighted by Crippen LogP contribution is 2.13. The Morgan fingerprint density at radius 2 is 2.10 bits per heavy atom. The predicted octanol–water partition coefficient (Wildman–Crippen LogP) is 0.770. The van der Waals surface area contributed by atoms with Gasteiger partial charge >= 0.3 is 0 Å². The van der Waals surface area contributed by atoms with Crippen LogP contribution in [0, 0.1) is 0 Å². The molecule has 0 spiro atoms. The van der Waals surface area contributed by atoms with Gasteiger partial charge in [-0.2, -0.15) is 0 Å². The van der Waals surface area contributed by atoms with Gasteiger partial charge in [0.05, 0.1) is 0 Å². The summed E-state index contributed by atoms with van der Waals surface area (Å²) in [5.41, 5.74) is -0.285. The monoisotopic (exact) mass is 142 g/mol. The largest absolute Gasteiger partial charge is 0.460 e. The third kappa shape index (κ3) is 3.54. The lowest BCUT2D eigenvalue weighted by atomic mass is 10.0. The Hall–Kier alpha value is -0.465. The zero-order valence-electron chi connectivity index (χ0n) is 7.23. The van der Waals surface area contributed by atoms with Crippen molar-refractivity contribution in [3.8, 4) is 0 Å². The summed E-state index contributed by atoms with van der Waals surface area (Å²) in [6.07, 6.45) is 1.32. The second kappa shape index (κ2) is 3.64. The Balaban J connectivity index is 3.76. The standard InChI is InChI=1S/C7H15BO2/c1-4-7(2,3)10-6(9)5-8/h4-5,8H2,1-3H3. The molecule has 0 aromatic rings. The summed E-state index contributed by atoms with van der Waals surface area (Å²) in [6, 6.07) is 0. The molecule has 0 aliphatic heterocycles. The van der Waals surface area contributed by atoms with Crippen molar-refractivity contribution in [2.24, 2.45) is 0 Å². The Bertz CT molecular complexity index is 121. The molecule has 58 valence electrons. The van der Waals surface area contributed by atoms with Crippen LogP contribution in [-0.4, -0.2) is 19.4 Å². The molecule has 0 aromatic heterocycles. The van der Waals surface area contributed by atoms with Gasteiger partial charge in [0.1, 0.15) is 13.4 Å². The summed E-state index contributed by atoms with van der Waals surface area (Å²) in [5, 5.41) is 0. The summed E-state index contributed by atoms with van der Waals surface area (Å²) in [6.45, 7) is 5.84. The first-order chi connectivity index (χ1) is 4.52. The van der Waals surface area contributed by atoms with Crippen LogP contribution in [0.1, 0.15) is 27.2 Å². The molecule has 0 atom stereocenters. The lowest BCUT2D eigenvalue weighted by molar-refractivity contribution is -0.153. The number of esters is 1. The zero-order chi connectivity index (χ0) is 8.20. The van der Waals surface area contributed by atoms with Gasteiger partial charge in [-0.3, -0.25) is 4.79 Å². The first-order valence-corrected chi connectivity index (χ1v) is 3.73. The van der Waals surface area contributed by atoms with E-state index in [0.717, 1.165) is 6.42 Å². The summed E-state index contributed by atoms with van der Waals surface area (Å²) in [4.78, 5) is 10.8. The van der Waals surface area contributed by atoms with E-state index in [1.807, 2.05) is 20.8 Å². The van der Waals surface area contributed by atoms with Gasteiger partial charge in [-0.25, -0.2) is 0 Å². The lowest BCUT2D eigenvalue weighted by Gasteiger charge is -2.22. The van der Waals surface area contributed by atoms with E-state index in [4.69, 9.17) is 4.74 Å². The van der Waals surface area contributed by atoms with Crippen LogP contribution < -0.4 is 0 Å². The molecule has 10 heavy (non-hydrogen) atoms. The van der Waals surface area contributed by atoms with E-state index >= 15 is 0 Å². The summed E-state index contributed by atoms with van der Waals surface area (Å²) in [7, 11) is 1.80. The minimum absolute atomic E-state index is 0.119. The molecule has 0 N–H and O–H groups in total. The van der Waals surface area contributed by atoms with Gasteiger partial charge in [-0.15, -0.1) is 0 Å². The number of rotatable bonds is 3. The van der Waals surface area contributed by atoms with Gasteiger partial charge in [0.25, 0.3) is 5.97 Å². The molecule has 0 saturated heterocycles. The summed E-state index contributed by atoms with van der Waals surface area (Å²) >= 11 is 0. The van der Waals surface area contributed by atoms with Crippen molar-refractivity contribution >= 4 is 13.8 Å². The van der Waals surface area contributed by atoms with Crippen LogP contribution in [0.4, 0.5) is 0 Å². The lowest BCUT2D eigenvalue weighted by Crippen LogP contribution is -2.26. The van der Waals surface area contributed by atoms with Crippen molar-refractivity contribution < 1.29 is 9.53 Å². The Kier molecular flexibility index (Phi) is 3.47. The fourth-order valence-electron chi connectivity index (χ4n) is 0.453. The minimum atomic E-state index is -0.285. The quantitative estimate of drug-likeness (QED) is 0.429. The normalized spacial score (nSPS) is 11.1. The van der Waals surface area contributed by atoms with Crippen LogP contribution >= 0.6 is 0 Å². The SMILES string of the molecule is BCC(=O)OC(C)(C)CC. The van der Waals surface area contributed by atoms with E-state index in [1.54, 1.807) is 7.85 Å². The molecular weight excluding hydrogens is 127 g/mol. The number of hydrogen-bond acceptors (Lipinski definition) is 2. The van der Waals surface area contributed by atoms with Crippen molar-refractivity contribution in [2.45, 2.75) is 39.1 Å². The van der Waals surface area contributed by atoms with Gasteiger partial charge in [-0.1, -0.05) is 6.92 Å². The molecule has 0 aliphatic rings. The van der Waals surface area contributed by atoms with Gasteiger partial charge in [-0.05, 0) is 20.3 Å². The molecule has 0 radical (unpaired) electrons. The van der Waals surface area contributed by atoms with Gasteiger partial charge in [0.15, 0.2) is 0 Å². The zero-order valence-corrected chi connectivity index (χ0v) is 7.23. The molecule has 0 heterocycles. The maximum atomic E-state index is 10.8. The number of hydrogen-bond donors (Lipinski definition) is 0. The van der Waals surface area contributed by atoms with E-state index in [-0.39, 0.29) is 11.6 Å². The molecule has 3 heteroatoms.